The van der Waals surface area contributed by atoms with Crippen molar-refractivity contribution in [1.82, 2.24) is 14.5 Å². The summed E-state index contributed by atoms with van der Waals surface area (Å²) in [7, 11) is 0. The van der Waals surface area contributed by atoms with Crippen LogP contribution in [0.4, 0.5) is 0 Å². The number of carboxylic acids is 1. The summed E-state index contributed by atoms with van der Waals surface area (Å²) in [6, 6.07) is 1.70. The van der Waals surface area contributed by atoms with Crippen molar-refractivity contribution in [2.24, 2.45) is 5.92 Å². The van der Waals surface area contributed by atoms with E-state index in [1.54, 1.807) is 12.3 Å². The molecule has 19 heavy (non-hydrogen) atoms. The highest BCUT2D eigenvalue weighted by molar-refractivity contribution is 7.98. The predicted octanol–water partition coefficient (Wildman–Crippen LogP) is 2.36. The molecule has 5 nitrogen and oxygen atoms in total. The van der Waals surface area contributed by atoms with E-state index in [0.717, 1.165) is 36.2 Å². The molecule has 3 aliphatic carbocycles. The third-order valence-electron chi connectivity index (χ3n) is 4.40. The molecule has 2 heterocycles. The highest BCUT2D eigenvalue weighted by Gasteiger charge is 2.59. The third-order valence-corrected chi connectivity index (χ3v) is 4.96. The smallest absolute Gasteiger partial charge is 0.352 e. The van der Waals surface area contributed by atoms with Crippen LogP contribution in [-0.4, -0.2) is 31.9 Å². The quantitative estimate of drug-likeness (QED) is 0.688. The average Bonchev–Trinajstić information content (AvgIpc) is 2.64. The molecule has 0 radical (unpaired) electrons. The Balaban J connectivity index is 2.00. The highest BCUT2D eigenvalue weighted by Crippen LogP contribution is 2.63. The van der Waals surface area contributed by atoms with Crippen LogP contribution in [0, 0.1) is 5.92 Å². The van der Waals surface area contributed by atoms with Crippen molar-refractivity contribution in [3.8, 4) is 0 Å². The van der Waals surface area contributed by atoms with Crippen molar-refractivity contribution in [3.63, 3.8) is 0 Å². The second-order valence-corrected chi connectivity index (χ2v) is 6.28. The fourth-order valence-electron chi connectivity index (χ4n) is 3.42. The molecule has 6 heteroatoms. The standard InChI is InChI=1S/C13H13N3O2S/c1-19-12-14-6-8-2-9(11(17)18)16(10(8)15-12)13-3-7(4-13)5-13/h2,6-7H,3-5H2,1H3,(H,17,18). The van der Waals surface area contributed by atoms with Crippen LogP contribution >= 0.6 is 11.8 Å². The molecule has 5 rings (SSSR count). The molecule has 0 atom stereocenters. The molecular weight excluding hydrogens is 262 g/mol. The maximum atomic E-state index is 11.5. The number of carboxylic acid groups (broad SMARTS) is 1. The molecule has 98 valence electrons. The number of aromatic carboxylic acids is 1. The number of fused-ring (bicyclic) bond motifs is 1. The van der Waals surface area contributed by atoms with Gasteiger partial charge in [0.15, 0.2) is 5.16 Å². The monoisotopic (exact) mass is 275 g/mol. The number of hydrogen-bond acceptors (Lipinski definition) is 4. The molecular formula is C13H13N3O2S. The molecule has 2 aromatic heterocycles. The maximum absolute atomic E-state index is 11.5. The predicted molar refractivity (Wildman–Crippen MR) is 71.6 cm³/mol. The van der Waals surface area contributed by atoms with E-state index >= 15 is 0 Å². The summed E-state index contributed by atoms with van der Waals surface area (Å²) in [4.78, 5) is 20.2. The van der Waals surface area contributed by atoms with Gasteiger partial charge in [0.05, 0.1) is 0 Å². The number of carbonyl (C=O) groups is 1. The lowest BCUT2D eigenvalue weighted by Gasteiger charge is -2.62. The van der Waals surface area contributed by atoms with Crippen molar-refractivity contribution in [2.45, 2.75) is 30.0 Å². The second-order valence-electron chi connectivity index (χ2n) is 5.51. The molecule has 0 unspecified atom stereocenters. The molecule has 3 aliphatic rings. The second kappa shape index (κ2) is 3.50. The zero-order valence-electron chi connectivity index (χ0n) is 10.5. The van der Waals surface area contributed by atoms with Crippen molar-refractivity contribution < 1.29 is 9.90 Å². The minimum Gasteiger partial charge on any atom is -0.477 e. The lowest BCUT2D eigenvalue weighted by molar-refractivity contribution is -0.0873. The summed E-state index contributed by atoms with van der Waals surface area (Å²) in [5.74, 6) is -0.0885. The summed E-state index contributed by atoms with van der Waals surface area (Å²) in [5, 5.41) is 10.9. The van der Waals surface area contributed by atoms with Gasteiger partial charge in [-0.1, -0.05) is 11.8 Å². The SMILES string of the molecule is CSc1ncc2cc(C(=O)O)n(C34CC(C3)C4)c2n1. The fourth-order valence-corrected chi connectivity index (χ4v) is 3.75. The molecule has 2 aromatic rings. The molecule has 3 fully saturated rings. The first-order valence-corrected chi connectivity index (χ1v) is 7.52. The Bertz CT molecular complexity index is 692. The molecule has 0 aliphatic heterocycles. The van der Waals surface area contributed by atoms with Gasteiger partial charge in [0.2, 0.25) is 0 Å². The zero-order valence-corrected chi connectivity index (χ0v) is 11.3. The van der Waals surface area contributed by atoms with Crippen molar-refractivity contribution >= 4 is 28.8 Å². The normalized spacial score (nSPS) is 27.9. The van der Waals surface area contributed by atoms with Crippen LogP contribution in [0.15, 0.2) is 17.4 Å². The first-order chi connectivity index (χ1) is 9.13. The molecule has 0 amide bonds. The Labute approximate surface area is 114 Å². The van der Waals surface area contributed by atoms with E-state index in [-0.39, 0.29) is 5.54 Å². The van der Waals surface area contributed by atoms with Gasteiger partial charge in [-0.2, -0.15) is 0 Å². The van der Waals surface area contributed by atoms with Crippen LogP contribution in [0.1, 0.15) is 29.8 Å². The van der Waals surface area contributed by atoms with Gasteiger partial charge in [0.25, 0.3) is 0 Å². The summed E-state index contributed by atoms with van der Waals surface area (Å²) >= 11 is 1.48. The average molecular weight is 275 g/mol. The van der Waals surface area contributed by atoms with Gasteiger partial charge in [0, 0.05) is 17.1 Å². The number of aromatic nitrogens is 3. The zero-order chi connectivity index (χ0) is 13.2. The van der Waals surface area contributed by atoms with Crippen molar-refractivity contribution in [1.29, 1.82) is 0 Å². The van der Waals surface area contributed by atoms with Crippen LogP contribution in [0.25, 0.3) is 11.0 Å². The summed E-state index contributed by atoms with van der Waals surface area (Å²) < 4.78 is 1.95. The maximum Gasteiger partial charge on any atom is 0.352 e. The van der Waals surface area contributed by atoms with Crippen LogP contribution in [-0.2, 0) is 5.54 Å². The van der Waals surface area contributed by atoms with Crippen LogP contribution in [0.3, 0.4) is 0 Å². The number of thioether (sulfide) groups is 1. The number of hydrogen-bond donors (Lipinski definition) is 1. The van der Waals surface area contributed by atoms with E-state index in [0.29, 0.717) is 10.9 Å². The first kappa shape index (κ1) is 11.3. The molecule has 0 spiro atoms. The van der Waals surface area contributed by atoms with Gasteiger partial charge in [-0.25, -0.2) is 14.8 Å². The molecule has 1 N–H and O–H groups in total. The van der Waals surface area contributed by atoms with Crippen LogP contribution in [0.2, 0.25) is 0 Å². The Morgan fingerprint density at radius 2 is 2.26 bits per heavy atom. The lowest BCUT2D eigenvalue weighted by atomic mass is 9.49. The fraction of sp³-hybridized carbons (Fsp3) is 0.462. The Hall–Kier alpha value is -1.56. The van der Waals surface area contributed by atoms with E-state index in [1.165, 1.54) is 11.8 Å². The minimum absolute atomic E-state index is 0.0180. The molecule has 2 bridgehead atoms. The lowest BCUT2D eigenvalue weighted by Crippen LogP contribution is -2.59. The Morgan fingerprint density at radius 3 is 2.79 bits per heavy atom. The first-order valence-electron chi connectivity index (χ1n) is 6.29. The van der Waals surface area contributed by atoms with E-state index in [2.05, 4.69) is 9.97 Å². The van der Waals surface area contributed by atoms with Gasteiger partial charge in [-0.15, -0.1) is 0 Å². The summed E-state index contributed by atoms with van der Waals surface area (Å²) in [5.41, 5.74) is 1.14. The Kier molecular flexibility index (Phi) is 2.08. The minimum atomic E-state index is -0.881. The summed E-state index contributed by atoms with van der Waals surface area (Å²) in [6.45, 7) is 0. The molecule has 0 saturated heterocycles. The van der Waals surface area contributed by atoms with Gasteiger partial charge < -0.3 is 9.67 Å². The largest absolute Gasteiger partial charge is 0.477 e. The molecule has 3 saturated carbocycles. The number of rotatable bonds is 3. The summed E-state index contributed by atoms with van der Waals surface area (Å²) in [6.07, 6.45) is 6.93. The van der Waals surface area contributed by atoms with E-state index in [9.17, 15) is 9.90 Å². The van der Waals surface area contributed by atoms with Crippen LogP contribution < -0.4 is 0 Å². The van der Waals surface area contributed by atoms with Gasteiger partial charge in [-0.3, -0.25) is 0 Å². The van der Waals surface area contributed by atoms with Crippen molar-refractivity contribution in [3.05, 3.63) is 18.0 Å². The van der Waals surface area contributed by atoms with Gasteiger partial charge in [0.1, 0.15) is 11.3 Å². The van der Waals surface area contributed by atoms with E-state index in [4.69, 9.17) is 0 Å². The van der Waals surface area contributed by atoms with Gasteiger partial charge in [-0.05, 0) is 37.5 Å². The van der Waals surface area contributed by atoms with Gasteiger partial charge >= 0.3 is 5.97 Å². The highest BCUT2D eigenvalue weighted by atomic mass is 32.2. The van der Waals surface area contributed by atoms with Crippen molar-refractivity contribution in [2.75, 3.05) is 6.26 Å². The van der Waals surface area contributed by atoms with Crippen LogP contribution in [0.5, 0.6) is 0 Å². The molecule has 0 aromatic carbocycles. The topological polar surface area (TPSA) is 68.0 Å². The third kappa shape index (κ3) is 1.35. The number of nitrogens with zero attached hydrogens (tertiary/aromatic N) is 3. The van der Waals surface area contributed by atoms with E-state index < -0.39 is 5.97 Å². The Morgan fingerprint density at radius 1 is 1.53 bits per heavy atom. The van der Waals surface area contributed by atoms with E-state index in [1.807, 2.05) is 10.8 Å².